The minimum atomic E-state index is -0.297. The number of aromatic amines is 1. The lowest BCUT2D eigenvalue weighted by atomic mass is 9.58. The van der Waals surface area contributed by atoms with E-state index < -0.39 is 0 Å². The molecule has 7 rings (SSSR count). The van der Waals surface area contributed by atoms with E-state index in [2.05, 4.69) is 27.1 Å². The number of H-pyrrole nitrogens is 1. The molecule has 1 aliphatic heterocycles. The maximum atomic E-state index is 15.9. The van der Waals surface area contributed by atoms with Crippen molar-refractivity contribution in [3.8, 4) is 11.5 Å². The minimum Gasteiger partial charge on any atom is -0.378 e. The van der Waals surface area contributed by atoms with Crippen LogP contribution in [0.1, 0.15) is 38.3 Å². The quantitative estimate of drug-likeness (QED) is 0.597. The van der Waals surface area contributed by atoms with Gasteiger partial charge < -0.3 is 9.64 Å². The number of nitrogens with one attached hydrogen (secondary N) is 1. The summed E-state index contributed by atoms with van der Waals surface area (Å²) in [5, 5.41) is 8.54. The number of hydrogen-bond donors (Lipinski definition) is 1. The molecule has 0 unspecified atom stereocenters. The standard InChI is InChI=1S/C24H28ClFN6O/c1-13-14-2-4-15(5-3-14)17(13)11-19-20(26)24(32-6-8-33-9-7-32)29-23(28-19)21-18-10-16(25)12-27-22(18)31-30-21/h10,12-15,17H,2-9,11H2,1H3,(H,27,30,31)/t13-,14?,15?,17+/m0/s1. The summed E-state index contributed by atoms with van der Waals surface area (Å²) in [5.41, 5.74) is 1.66. The van der Waals surface area contributed by atoms with Crippen molar-refractivity contribution >= 4 is 28.5 Å². The molecule has 3 aromatic rings. The number of rotatable bonds is 4. The summed E-state index contributed by atoms with van der Waals surface area (Å²) in [6.45, 7) is 4.68. The number of halogens is 2. The predicted octanol–water partition coefficient (Wildman–Crippen LogP) is 4.66. The molecule has 1 saturated heterocycles. The zero-order valence-electron chi connectivity index (χ0n) is 18.7. The fourth-order valence-corrected chi connectivity index (χ4v) is 6.37. The molecule has 2 atom stereocenters. The first kappa shape index (κ1) is 21.2. The Morgan fingerprint density at radius 3 is 2.67 bits per heavy atom. The molecule has 33 heavy (non-hydrogen) atoms. The van der Waals surface area contributed by atoms with Crippen molar-refractivity contribution in [2.75, 3.05) is 31.2 Å². The third-order valence-corrected chi connectivity index (χ3v) is 8.29. The van der Waals surface area contributed by atoms with Gasteiger partial charge in [0, 0.05) is 19.3 Å². The highest BCUT2D eigenvalue weighted by atomic mass is 35.5. The van der Waals surface area contributed by atoms with Crippen molar-refractivity contribution in [3.63, 3.8) is 0 Å². The fourth-order valence-electron chi connectivity index (χ4n) is 6.21. The van der Waals surface area contributed by atoms with Crippen molar-refractivity contribution in [2.45, 2.75) is 39.0 Å². The van der Waals surface area contributed by atoms with Crippen LogP contribution in [-0.4, -0.2) is 51.5 Å². The maximum absolute atomic E-state index is 15.9. The van der Waals surface area contributed by atoms with Crippen LogP contribution in [0.15, 0.2) is 12.3 Å². The van der Waals surface area contributed by atoms with Crippen LogP contribution in [0.25, 0.3) is 22.6 Å². The minimum absolute atomic E-state index is 0.297. The normalized spacial score (nSPS) is 27.4. The molecule has 4 fully saturated rings. The highest BCUT2D eigenvalue weighted by Gasteiger charge is 2.41. The molecule has 4 aliphatic rings. The van der Waals surface area contributed by atoms with E-state index in [-0.39, 0.29) is 5.82 Å². The van der Waals surface area contributed by atoms with Crippen LogP contribution in [0.2, 0.25) is 5.02 Å². The van der Waals surface area contributed by atoms with E-state index >= 15 is 4.39 Å². The Bertz CT molecular complexity index is 1170. The lowest BCUT2D eigenvalue weighted by molar-refractivity contribution is 0.0334. The first-order valence-electron chi connectivity index (χ1n) is 12.0. The van der Waals surface area contributed by atoms with Crippen molar-refractivity contribution in [3.05, 3.63) is 28.8 Å². The SMILES string of the molecule is C[C@H]1C2CCC(CC2)[C@@H]1Cc1nc(-c2[nH]nc3ncc(Cl)cc23)nc(N2CCOCC2)c1F. The molecule has 0 spiro atoms. The van der Waals surface area contributed by atoms with Gasteiger partial charge in [-0.3, -0.25) is 5.10 Å². The smallest absolute Gasteiger partial charge is 0.187 e. The molecule has 174 valence electrons. The largest absolute Gasteiger partial charge is 0.378 e. The van der Waals surface area contributed by atoms with Gasteiger partial charge in [-0.2, -0.15) is 5.10 Å². The van der Waals surface area contributed by atoms with Crippen molar-refractivity contribution in [1.82, 2.24) is 25.1 Å². The maximum Gasteiger partial charge on any atom is 0.187 e. The summed E-state index contributed by atoms with van der Waals surface area (Å²) in [5.74, 6) is 2.96. The fraction of sp³-hybridized carbons (Fsp3) is 0.583. The number of hydrogen-bond acceptors (Lipinski definition) is 6. The first-order valence-corrected chi connectivity index (χ1v) is 12.4. The van der Waals surface area contributed by atoms with Gasteiger partial charge >= 0.3 is 0 Å². The van der Waals surface area contributed by atoms with Gasteiger partial charge in [-0.05, 0) is 61.8 Å². The van der Waals surface area contributed by atoms with Crippen LogP contribution in [-0.2, 0) is 11.2 Å². The topological polar surface area (TPSA) is 79.8 Å². The summed E-state index contributed by atoms with van der Waals surface area (Å²) in [7, 11) is 0. The van der Waals surface area contributed by atoms with Crippen LogP contribution in [0.3, 0.4) is 0 Å². The first-order chi connectivity index (χ1) is 16.1. The molecule has 0 radical (unpaired) electrons. The Balaban J connectivity index is 1.45. The van der Waals surface area contributed by atoms with Crippen LogP contribution >= 0.6 is 11.6 Å². The van der Waals surface area contributed by atoms with E-state index in [1.165, 1.54) is 25.7 Å². The van der Waals surface area contributed by atoms with Crippen LogP contribution in [0, 0.1) is 29.5 Å². The number of fused-ring (bicyclic) bond motifs is 4. The Morgan fingerprint density at radius 1 is 1.15 bits per heavy atom. The van der Waals surface area contributed by atoms with E-state index in [0.717, 1.165) is 11.3 Å². The van der Waals surface area contributed by atoms with Gasteiger partial charge in [-0.1, -0.05) is 18.5 Å². The van der Waals surface area contributed by atoms with Gasteiger partial charge in [-0.25, -0.2) is 19.3 Å². The highest BCUT2D eigenvalue weighted by molar-refractivity contribution is 6.31. The van der Waals surface area contributed by atoms with Gasteiger partial charge in [0.2, 0.25) is 0 Å². The van der Waals surface area contributed by atoms with Crippen LogP contribution < -0.4 is 4.90 Å². The molecule has 3 saturated carbocycles. The number of pyridine rings is 1. The van der Waals surface area contributed by atoms with E-state index in [4.69, 9.17) is 21.3 Å². The van der Waals surface area contributed by atoms with E-state index in [1.807, 2.05) is 4.90 Å². The number of aromatic nitrogens is 5. The number of anilines is 1. The van der Waals surface area contributed by atoms with Crippen LogP contribution in [0.5, 0.6) is 0 Å². The molecular formula is C24H28ClFN6O. The average Bonchev–Trinajstić information content (AvgIpc) is 3.26. The molecule has 0 amide bonds. The van der Waals surface area contributed by atoms with Gasteiger partial charge in [0.05, 0.1) is 29.3 Å². The third kappa shape index (κ3) is 3.77. The number of ether oxygens (including phenoxy) is 1. The van der Waals surface area contributed by atoms with Crippen LogP contribution in [0.4, 0.5) is 10.2 Å². The molecule has 2 bridgehead atoms. The highest BCUT2D eigenvalue weighted by Crippen LogP contribution is 2.50. The molecule has 3 aromatic heterocycles. The monoisotopic (exact) mass is 470 g/mol. The van der Waals surface area contributed by atoms with E-state index in [1.54, 1.807) is 12.3 Å². The molecule has 9 heteroatoms. The predicted molar refractivity (Wildman–Crippen MR) is 125 cm³/mol. The zero-order chi connectivity index (χ0) is 22.5. The van der Waals surface area contributed by atoms with E-state index in [0.29, 0.717) is 84.2 Å². The van der Waals surface area contributed by atoms with Crippen molar-refractivity contribution in [1.29, 1.82) is 0 Å². The van der Waals surface area contributed by atoms with Gasteiger partial charge in [0.25, 0.3) is 0 Å². The Labute approximate surface area is 197 Å². The second kappa shape index (κ2) is 8.47. The summed E-state index contributed by atoms with van der Waals surface area (Å²) in [6, 6.07) is 1.80. The molecule has 1 N–H and O–H groups in total. The molecule has 3 aliphatic carbocycles. The Kier molecular flexibility index (Phi) is 5.45. The molecule has 4 heterocycles. The van der Waals surface area contributed by atoms with Gasteiger partial charge in [-0.15, -0.1) is 0 Å². The summed E-state index contributed by atoms with van der Waals surface area (Å²) in [4.78, 5) is 15.7. The van der Waals surface area contributed by atoms with Crippen molar-refractivity contribution in [2.24, 2.45) is 23.7 Å². The second-order valence-corrected chi connectivity index (χ2v) is 10.2. The number of nitrogens with zero attached hydrogens (tertiary/aromatic N) is 5. The Hall–Kier alpha value is -2.32. The molecular weight excluding hydrogens is 443 g/mol. The van der Waals surface area contributed by atoms with E-state index in [9.17, 15) is 0 Å². The lowest BCUT2D eigenvalue weighted by Gasteiger charge is -2.47. The lowest BCUT2D eigenvalue weighted by Crippen LogP contribution is -2.40. The van der Waals surface area contributed by atoms with Crippen molar-refractivity contribution < 1.29 is 9.13 Å². The van der Waals surface area contributed by atoms with Gasteiger partial charge in [0.15, 0.2) is 23.1 Å². The summed E-state index contributed by atoms with van der Waals surface area (Å²) in [6.07, 6.45) is 7.34. The second-order valence-electron chi connectivity index (χ2n) is 9.76. The average molecular weight is 471 g/mol. The summed E-state index contributed by atoms with van der Waals surface area (Å²) < 4.78 is 21.4. The third-order valence-electron chi connectivity index (χ3n) is 8.08. The molecule has 0 aromatic carbocycles. The zero-order valence-corrected chi connectivity index (χ0v) is 19.5. The van der Waals surface area contributed by atoms with Gasteiger partial charge in [0.1, 0.15) is 5.69 Å². The number of morpholine rings is 1. The summed E-state index contributed by atoms with van der Waals surface area (Å²) >= 11 is 6.20. The Morgan fingerprint density at radius 2 is 1.91 bits per heavy atom. The molecule has 7 nitrogen and oxygen atoms in total.